The molecule has 0 fully saturated rings. The van der Waals surface area contributed by atoms with E-state index in [0.29, 0.717) is 19.5 Å². The van der Waals surface area contributed by atoms with Gasteiger partial charge in [0.05, 0.1) is 18.3 Å². The first-order valence-corrected chi connectivity index (χ1v) is 8.61. The SMILES string of the molecule is CCN(CC(O)c1ccc(C)cc1)C(=O)NCCc1c(C)noc1C. The number of hydrogen-bond acceptors (Lipinski definition) is 4. The van der Waals surface area contributed by atoms with Crippen molar-refractivity contribution >= 4 is 6.03 Å². The van der Waals surface area contributed by atoms with Gasteiger partial charge >= 0.3 is 6.03 Å². The fraction of sp³-hybridized carbons (Fsp3) is 0.474. The lowest BCUT2D eigenvalue weighted by molar-refractivity contribution is 0.123. The number of benzene rings is 1. The highest BCUT2D eigenvalue weighted by Crippen LogP contribution is 2.15. The summed E-state index contributed by atoms with van der Waals surface area (Å²) < 4.78 is 5.13. The fourth-order valence-electron chi connectivity index (χ4n) is 2.72. The molecule has 6 heteroatoms. The van der Waals surface area contributed by atoms with Gasteiger partial charge in [0.15, 0.2) is 0 Å². The van der Waals surface area contributed by atoms with E-state index in [-0.39, 0.29) is 12.6 Å². The highest BCUT2D eigenvalue weighted by Gasteiger charge is 2.17. The van der Waals surface area contributed by atoms with Gasteiger partial charge in [-0.15, -0.1) is 0 Å². The van der Waals surface area contributed by atoms with Crippen molar-refractivity contribution in [3.05, 3.63) is 52.4 Å². The average molecular weight is 345 g/mol. The van der Waals surface area contributed by atoms with Gasteiger partial charge in [-0.25, -0.2) is 4.79 Å². The standard InChI is InChI=1S/C19H27N3O3/c1-5-22(12-18(23)16-8-6-13(2)7-9-16)19(24)20-11-10-17-14(3)21-25-15(17)4/h6-9,18,23H,5,10-12H2,1-4H3,(H,20,24). The Labute approximate surface area is 148 Å². The molecule has 1 aromatic heterocycles. The smallest absolute Gasteiger partial charge is 0.317 e. The maximum absolute atomic E-state index is 12.4. The molecule has 1 atom stereocenters. The molecule has 2 aromatic rings. The third kappa shape index (κ3) is 5.06. The summed E-state index contributed by atoms with van der Waals surface area (Å²) in [4.78, 5) is 14.0. The quantitative estimate of drug-likeness (QED) is 0.809. The summed E-state index contributed by atoms with van der Waals surface area (Å²) in [5, 5.41) is 17.2. The number of carbonyl (C=O) groups excluding carboxylic acids is 1. The molecule has 6 nitrogen and oxygen atoms in total. The molecule has 0 aliphatic rings. The van der Waals surface area contributed by atoms with Crippen LogP contribution in [0.25, 0.3) is 0 Å². The lowest BCUT2D eigenvalue weighted by atomic mass is 10.1. The third-order valence-corrected chi connectivity index (χ3v) is 4.36. The zero-order valence-corrected chi connectivity index (χ0v) is 15.4. The summed E-state index contributed by atoms with van der Waals surface area (Å²) in [6.45, 7) is 8.95. The summed E-state index contributed by atoms with van der Waals surface area (Å²) in [5.74, 6) is 0.786. The fourth-order valence-corrected chi connectivity index (χ4v) is 2.72. The molecule has 0 bridgehead atoms. The van der Waals surface area contributed by atoms with Gasteiger partial charge in [-0.1, -0.05) is 35.0 Å². The topological polar surface area (TPSA) is 78.6 Å². The number of carbonyl (C=O) groups is 1. The van der Waals surface area contributed by atoms with E-state index >= 15 is 0 Å². The van der Waals surface area contributed by atoms with Crippen molar-refractivity contribution in [1.82, 2.24) is 15.4 Å². The molecule has 136 valence electrons. The van der Waals surface area contributed by atoms with Crippen LogP contribution in [-0.2, 0) is 6.42 Å². The largest absolute Gasteiger partial charge is 0.387 e. The minimum Gasteiger partial charge on any atom is -0.387 e. The predicted molar refractivity (Wildman–Crippen MR) is 96.5 cm³/mol. The van der Waals surface area contributed by atoms with Gasteiger partial charge in [0.2, 0.25) is 0 Å². The van der Waals surface area contributed by atoms with Crippen LogP contribution in [0.2, 0.25) is 0 Å². The molecule has 0 saturated heterocycles. The number of nitrogens with one attached hydrogen (secondary N) is 1. The zero-order valence-electron chi connectivity index (χ0n) is 15.4. The number of aliphatic hydroxyl groups excluding tert-OH is 1. The van der Waals surface area contributed by atoms with Crippen molar-refractivity contribution in [3.63, 3.8) is 0 Å². The van der Waals surface area contributed by atoms with Crippen molar-refractivity contribution in [1.29, 1.82) is 0 Å². The maximum atomic E-state index is 12.4. The summed E-state index contributed by atoms with van der Waals surface area (Å²) >= 11 is 0. The van der Waals surface area contributed by atoms with E-state index in [1.807, 2.05) is 52.0 Å². The minimum atomic E-state index is -0.700. The zero-order chi connectivity index (χ0) is 18.4. The van der Waals surface area contributed by atoms with Gasteiger partial charge in [-0.05, 0) is 39.7 Å². The molecule has 0 radical (unpaired) electrons. The van der Waals surface area contributed by atoms with E-state index in [1.54, 1.807) is 4.90 Å². The molecule has 0 aliphatic heterocycles. The normalized spacial score (nSPS) is 12.0. The molecule has 1 heterocycles. The molecule has 0 aliphatic carbocycles. The number of amides is 2. The summed E-state index contributed by atoms with van der Waals surface area (Å²) in [7, 11) is 0. The van der Waals surface area contributed by atoms with Gasteiger partial charge in [0.1, 0.15) is 5.76 Å². The van der Waals surface area contributed by atoms with Gasteiger partial charge in [-0.3, -0.25) is 0 Å². The van der Waals surface area contributed by atoms with Crippen LogP contribution in [0.15, 0.2) is 28.8 Å². The van der Waals surface area contributed by atoms with Crippen LogP contribution in [0, 0.1) is 20.8 Å². The number of urea groups is 1. The molecule has 1 aromatic carbocycles. The first-order valence-electron chi connectivity index (χ1n) is 8.61. The Morgan fingerprint density at radius 2 is 1.96 bits per heavy atom. The number of nitrogens with zero attached hydrogens (tertiary/aromatic N) is 2. The van der Waals surface area contributed by atoms with E-state index < -0.39 is 6.10 Å². The molecule has 2 N–H and O–H groups in total. The molecule has 25 heavy (non-hydrogen) atoms. The number of hydrogen-bond donors (Lipinski definition) is 2. The van der Waals surface area contributed by atoms with Crippen molar-refractivity contribution in [2.75, 3.05) is 19.6 Å². The summed E-state index contributed by atoms with van der Waals surface area (Å²) in [6.07, 6.45) is -0.0285. The van der Waals surface area contributed by atoms with Gasteiger partial charge in [0.25, 0.3) is 0 Å². The Balaban J connectivity index is 1.86. The molecule has 0 saturated carbocycles. The van der Waals surface area contributed by atoms with Crippen LogP contribution in [0.4, 0.5) is 4.79 Å². The molecular weight excluding hydrogens is 318 g/mol. The first-order chi connectivity index (χ1) is 11.9. The second-order valence-electron chi connectivity index (χ2n) is 6.25. The molecule has 2 rings (SSSR count). The monoisotopic (exact) mass is 345 g/mol. The average Bonchev–Trinajstić information content (AvgIpc) is 2.91. The highest BCUT2D eigenvalue weighted by molar-refractivity contribution is 5.74. The van der Waals surface area contributed by atoms with Crippen molar-refractivity contribution in [2.24, 2.45) is 0 Å². The number of aliphatic hydroxyl groups is 1. The lowest BCUT2D eigenvalue weighted by Gasteiger charge is -2.24. The Morgan fingerprint density at radius 3 is 2.52 bits per heavy atom. The molecule has 2 amide bonds. The Morgan fingerprint density at radius 1 is 1.28 bits per heavy atom. The van der Waals surface area contributed by atoms with Crippen LogP contribution in [-0.4, -0.2) is 40.8 Å². The van der Waals surface area contributed by atoms with Crippen LogP contribution in [0.5, 0.6) is 0 Å². The Hall–Kier alpha value is -2.34. The molecular formula is C19H27N3O3. The third-order valence-electron chi connectivity index (χ3n) is 4.36. The van der Waals surface area contributed by atoms with Crippen molar-refractivity contribution in [2.45, 2.75) is 40.2 Å². The van der Waals surface area contributed by atoms with Gasteiger partial charge < -0.3 is 19.8 Å². The first kappa shape index (κ1) is 19.0. The second kappa shape index (κ2) is 8.67. The minimum absolute atomic E-state index is 0.180. The van der Waals surface area contributed by atoms with Crippen LogP contribution in [0.1, 0.15) is 41.2 Å². The Kier molecular flexibility index (Phi) is 6.58. The second-order valence-corrected chi connectivity index (χ2v) is 6.25. The lowest BCUT2D eigenvalue weighted by Crippen LogP contribution is -2.42. The van der Waals surface area contributed by atoms with E-state index in [0.717, 1.165) is 28.1 Å². The van der Waals surface area contributed by atoms with E-state index in [2.05, 4.69) is 10.5 Å². The summed E-state index contributed by atoms with van der Waals surface area (Å²) in [6, 6.07) is 7.52. The number of aryl methyl sites for hydroxylation is 3. The maximum Gasteiger partial charge on any atom is 0.317 e. The number of aromatic nitrogens is 1. The highest BCUT2D eigenvalue weighted by atomic mass is 16.5. The van der Waals surface area contributed by atoms with E-state index in [9.17, 15) is 9.90 Å². The molecule has 0 spiro atoms. The predicted octanol–water partition coefficient (Wildman–Crippen LogP) is 2.91. The van der Waals surface area contributed by atoms with Crippen LogP contribution < -0.4 is 5.32 Å². The van der Waals surface area contributed by atoms with Crippen LogP contribution in [0.3, 0.4) is 0 Å². The van der Waals surface area contributed by atoms with Crippen molar-refractivity contribution in [3.8, 4) is 0 Å². The number of rotatable bonds is 7. The molecule has 1 unspecified atom stereocenters. The number of likely N-dealkylation sites (N-methyl/N-ethyl adjacent to an activating group) is 1. The van der Waals surface area contributed by atoms with Gasteiger partial charge in [0, 0.05) is 18.7 Å². The van der Waals surface area contributed by atoms with E-state index in [4.69, 9.17) is 4.52 Å². The van der Waals surface area contributed by atoms with Gasteiger partial charge in [-0.2, -0.15) is 0 Å². The van der Waals surface area contributed by atoms with Crippen LogP contribution >= 0.6 is 0 Å². The van der Waals surface area contributed by atoms with Crippen molar-refractivity contribution < 1.29 is 14.4 Å². The Bertz CT molecular complexity index is 675. The van der Waals surface area contributed by atoms with E-state index in [1.165, 1.54) is 0 Å². The summed E-state index contributed by atoms with van der Waals surface area (Å²) in [5.41, 5.74) is 3.84.